The molecule has 3 aromatic rings. The van der Waals surface area contributed by atoms with Gasteiger partial charge in [-0.3, -0.25) is 15.0 Å². The summed E-state index contributed by atoms with van der Waals surface area (Å²) >= 11 is 5.88. The van der Waals surface area contributed by atoms with Gasteiger partial charge < -0.3 is 10.2 Å². The van der Waals surface area contributed by atoms with Crippen molar-refractivity contribution >= 4 is 34.8 Å². The van der Waals surface area contributed by atoms with Crippen LogP contribution in [0.25, 0.3) is 0 Å². The molecule has 0 fully saturated rings. The first-order valence-electron chi connectivity index (χ1n) is 9.39. The van der Waals surface area contributed by atoms with E-state index in [2.05, 4.69) is 5.32 Å². The number of nitrogens with one attached hydrogen (secondary N) is 2. The van der Waals surface area contributed by atoms with Crippen molar-refractivity contribution in [2.75, 3.05) is 19.4 Å². The van der Waals surface area contributed by atoms with Crippen molar-refractivity contribution in [3.05, 3.63) is 100 Å². The fraction of sp³-hybridized carbons (Fsp3) is 0.160. The van der Waals surface area contributed by atoms with Gasteiger partial charge in [0.05, 0.1) is 0 Å². The first kappa shape index (κ1) is 23.8. The number of hydrogen-bond acceptors (Lipinski definition) is 3. The Balaban J connectivity index is 0.00000341. The van der Waals surface area contributed by atoms with Crippen LogP contribution in [0.15, 0.2) is 72.8 Å². The molecular formula is C25H26ClN3O2. The topological polar surface area (TPSA) is 73.3 Å². The molecule has 3 rings (SSSR count). The number of nitrogens with zero attached hydrogens (tertiary/aromatic N) is 1. The number of anilines is 1. The van der Waals surface area contributed by atoms with Gasteiger partial charge >= 0.3 is 0 Å². The highest BCUT2D eigenvalue weighted by Gasteiger charge is 2.15. The van der Waals surface area contributed by atoms with Crippen molar-refractivity contribution < 1.29 is 9.59 Å². The van der Waals surface area contributed by atoms with E-state index < -0.39 is 0 Å². The number of hydrogen-bond donors (Lipinski definition) is 2. The number of amides is 1. The molecule has 0 radical (unpaired) electrons. The summed E-state index contributed by atoms with van der Waals surface area (Å²) in [5, 5.41) is 11.4. The minimum absolute atomic E-state index is 0. The summed E-state index contributed by atoms with van der Waals surface area (Å²) < 4.78 is 0. The molecule has 1 amide bonds. The van der Waals surface area contributed by atoms with E-state index in [-0.39, 0.29) is 25.5 Å². The predicted octanol–water partition coefficient (Wildman–Crippen LogP) is 5.54. The Labute approximate surface area is 188 Å². The van der Waals surface area contributed by atoms with Gasteiger partial charge in [-0.25, -0.2) is 0 Å². The molecule has 0 heterocycles. The van der Waals surface area contributed by atoms with E-state index in [1.165, 1.54) is 0 Å². The van der Waals surface area contributed by atoms with Gasteiger partial charge in [-0.15, -0.1) is 0 Å². The van der Waals surface area contributed by atoms with Crippen molar-refractivity contribution in [1.82, 2.24) is 4.90 Å². The lowest BCUT2D eigenvalue weighted by atomic mass is 9.97. The van der Waals surface area contributed by atoms with Gasteiger partial charge in [-0.05, 0) is 35.9 Å². The number of Topliss-reactive ketones (excluding diaryl/α,β-unsaturated/α-hetero) is 1. The number of rotatable bonds is 6. The molecule has 2 N–H and O–H groups in total. The highest BCUT2D eigenvalue weighted by atomic mass is 35.5. The molecule has 0 aliphatic rings. The molecule has 0 aliphatic carbocycles. The summed E-state index contributed by atoms with van der Waals surface area (Å²) in [5.74, 6) is -0.00149. The van der Waals surface area contributed by atoms with E-state index in [0.29, 0.717) is 33.2 Å². The molecule has 0 atom stereocenters. The SMILES string of the molecule is C.CN(C)C(=N)c1ccc(C(=O)Cc2ccccc2C(=O)Nc2ccc(Cl)cc2)cc1. The minimum atomic E-state index is -0.282. The normalized spacial score (nSPS) is 10.0. The predicted molar refractivity (Wildman–Crippen MR) is 128 cm³/mol. The number of benzene rings is 3. The summed E-state index contributed by atoms with van der Waals surface area (Å²) in [6.45, 7) is 0. The first-order chi connectivity index (χ1) is 14.3. The molecule has 0 saturated carbocycles. The molecule has 3 aromatic carbocycles. The van der Waals surface area contributed by atoms with Crippen LogP contribution in [0.1, 0.15) is 39.3 Å². The minimum Gasteiger partial charge on any atom is -0.363 e. The Morgan fingerprint density at radius 2 is 1.48 bits per heavy atom. The third-order valence-corrected chi connectivity index (χ3v) is 4.89. The molecule has 0 aromatic heterocycles. The van der Waals surface area contributed by atoms with Crippen molar-refractivity contribution in [3.8, 4) is 0 Å². The van der Waals surface area contributed by atoms with Crippen LogP contribution in [0.3, 0.4) is 0 Å². The van der Waals surface area contributed by atoms with Gasteiger partial charge in [0.2, 0.25) is 0 Å². The molecule has 0 spiro atoms. The monoisotopic (exact) mass is 435 g/mol. The van der Waals surface area contributed by atoms with Crippen molar-refractivity contribution in [1.29, 1.82) is 5.41 Å². The Bertz CT molecular complexity index is 1070. The van der Waals surface area contributed by atoms with Crippen LogP contribution in [0.4, 0.5) is 5.69 Å². The molecule has 0 bridgehead atoms. The summed E-state index contributed by atoms with van der Waals surface area (Å²) in [7, 11) is 3.60. The second kappa shape index (κ2) is 10.5. The highest BCUT2D eigenvalue weighted by molar-refractivity contribution is 6.30. The zero-order valence-corrected chi connectivity index (χ0v) is 17.5. The average Bonchev–Trinajstić information content (AvgIpc) is 2.75. The largest absolute Gasteiger partial charge is 0.363 e. The Morgan fingerprint density at radius 3 is 2.10 bits per heavy atom. The van der Waals surface area contributed by atoms with Gasteiger partial charge in [-0.2, -0.15) is 0 Å². The fourth-order valence-electron chi connectivity index (χ4n) is 2.97. The molecule has 0 aliphatic heterocycles. The maximum absolute atomic E-state index is 12.8. The third kappa shape index (κ3) is 6.03. The zero-order valence-electron chi connectivity index (χ0n) is 16.8. The number of carbonyl (C=O) groups excluding carboxylic acids is 2. The lowest BCUT2D eigenvalue weighted by Gasteiger charge is -2.14. The van der Waals surface area contributed by atoms with Crippen LogP contribution in [-0.2, 0) is 6.42 Å². The van der Waals surface area contributed by atoms with Crippen LogP contribution >= 0.6 is 11.6 Å². The summed E-state index contributed by atoms with van der Waals surface area (Å²) in [6.07, 6.45) is 0.106. The summed E-state index contributed by atoms with van der Waals surface area (Å²) in [5.41, 5.74) is 3.01. The van der Waals surface area contributed by atoms with E-state index in [0.717, 1.165) is 5.56 Å². The highest BCUT2D eigenvalue weighted by Crippen LogP contribution is 2.18. The maximum Gasteiger partial charge on any atom is 0.255 e. The molecule has 0 unspecified atom stereocenters. The Hall–Kier alpha value is -3.44. The molecular weight excluding hydrogens is 410 g/mol. The standard InChI is InChI=1S/C24H22ClN3O2.CH4/c1-28(2)23(26)17-9-7-16(8-10-17)22(29)15-18-5-3-4-6-21(18)24(30)27-20-13-11-19(25)12-14-20;/h3-14,26H,15H2,1-2H3,(H,27,30);1H4. The third-order valence-electron chi connectivity index (χ3n) is 4.64. The second-order valence-electron chi connectivity index (χ2n) is 7.04. The fourth-order valence-corrected chi connectivity index (χ4v) is 3.10. The first-order valence-corrected chi connectivity index (χ1v) is 9.77. The Kier molecular flexibility index (Phi) is 8.11. The quantitative estimate of drug-likeness (QED) is 0.303. The summed E-state index contributed by atoms with van der Waals surface area (Å²) in [6, 6.07) is 20.9. The average molecular weight is 436 g/mol. The van der Waals surface area contributed by atoms with E-state index >= 15 is 0 Å². The van der Waals surface area contributed by atoms with Crippen molar-refractivity contribution in [2.24, 2.45) is 0 Å². The van der Waals surface area contributed by atoms with Crippen molar-refractivity contribution in [3.63, 3.8) is 0 Å². The van der Waals surface area contributed by atoms with Gasteiger partial charge in [-0.1, -0.05) is 61.5 Å². The van der Waals surface area contributed by atoms with Crippen LogP contribution < -0.4 is 5.32 Å². The number of amidine groups is 1. The Morgan fingerprint density at radius 1 is 0.903 bits per heavy atom. The molecule has 31 heavy (non-hydrogen) atoms. The van der Waals surface area contributed by atoms with E-state index in [4.69, 9.17) is 17.0 Å². The smallest absolute Gasteiger partial charge is 0.255 e. The summed E-state index contributed by atoms with van der Waals surface area (Å²) in [4.78, 5) is 27.2. The van der Waals surface area contributed by atoms with Gasteiger partial charge in [0.1, 0.15) is 5.84 Å². The zero-order chi connectivity index (χ0) is 21.7. The van der Waals surface area contributed by atoms with Crippen LogP contribution in [0, 0.1) is 5.41 Å². The maximum atomic E-state index is 12.8. The van der Waals surface area contributed by atoms with Gasteiger partial charge in [0.25, 0.3) is 5.91 Å². The number of ketones is 1. The van der Waals surface area contributed by atoms with E-state index in [1.807, 2.05) is 6.07 Å². The van der Waals surface area contributed by atoms with Gasteiger partial charge in [0, 0.05) is 47.9 Å². The second-order valence-corrected chi connectivity index (χ2v) is 7.47. The van der Waals surface area contributed by atoms with Crippen LogP contribution in [0.5, 0.6) is 0 Å². The van der Waals surface area contributed by atoms with Crippen LogP contribution in [-0.4, -0.2) is 36.5 Å². The van der Waals surface area contributed by atoms with E-state index in [1.54, 1.807) is 85.7 Å². The van der Waals surface area contributed by atoms with Crippen molar-refractivity contribution in [2.45, 2.75) is 13.8 Å². The van der Waals surface area contributed by atoms with Gasteiger partial charge in [0.15, 0.2) is 5.78 Å². The number of halogens is 1. The van der Waals surface area contributed by atoms with E-state index in [9.17, 15) is 9.59 Å². The lowest BCUT2D eigenvalue weighted by Crippen LogP contribution is -2.21. The number of carbonyl (C=O) groups is 2. The molecule has 5 nitrogen and oxygen atoms in total. The molecule has 6 heteroatoms. The lowest BCUT2D eigenvalue weighted by molar-refractivity contribution is 0.0992. The van der Waals surface area contributed by atoms with Crippen LogP contribution in [0.2, 0.25) is 5.02 Å². The molecule has 0 saturated heterocycles. The molecule has 160 valence electrons.